The molecule has 24 heavy (non-hydrogen) atoms. The van der Waals surface area contributed by atoms with E-state index in [0.29, 0.717) is 0 Å². The molecule has 1 aromatic rings. The van der Waals surface area contributed by atoms with Crippen molar-refractivity contribution in [3.63, 3.8) is 0 Å². The van der Waals surface area contributed by atoms with Crippen LogP contribution in [-0.2, 0) is 11.3 Å². The maximum Gasteiger partial charge on any atom is 0.317 e. The summed E-state index contributed by atoms with van der Waals surface area (Å²) >= 11 is 1.89. The van der Waals surface area contributed by atoms with Gasteiger partial charge < -0.3 is 15.0 Å². The molecule has 5 nitrogen and oxygen atoms in total. The van der Waals surface area contributed by atoms with Crippen LogP contribution in [-0.4, -0.2) is 61.3 Å². The first-order valence-electron chi connectivity index (χ1n) is 8.85. The van der Waals surface area contributed by atoms with Crippen molar-refractivity contribution in [1.29, 1.82) is 0 Å². The molecule has 2 aliphatic heterocycles. The predicted octanol–water partition coefficient (Wildman–Crippen LogP) is 2.84. The number of likely N-dealkylation sites (tertiary alicyclic amines) is 1. The predicted molar refractivity (Wildman–Crippen MR) is 97.5 cm³/mol. The first-order valence-corrected chi connectivity index (χ1v) is 9.67. The molecular weight excluding hydrogens is 322 g/mol. The van der Waals surface area contributed by atoms with Crippen LogP contribution in [0, 0.1) is 6.92 Å². The minimum Gasteiger partial charge on any atom is -0.375 e. The van der Waals surface area contributed by atoms with Crippen LogP contribution >= 0.6 is 11.3 Å². The molecule has 2 fully saturated rings. The highest BCUT2D eigenvalue weighted by molar-refractivity contribution is 7.11. The fourth-order valence-corrected chi connectivity index (χ4v) is 4.65. The third kappa shape index (κ3) is 4.29. The first-order chi connectivity index (χ1) is 11.5. The van der Waals surface area contributed by atoms with Gasteiger partial charge in [-0.2, -0.15) is 0 Å². The minimum absolute atomic E-state index is 0.00236. The standard InChI is InChI=1S/C18H29N3O2S/c1-14-4-5-16(24-14)13-21-9-7-18(8-10-21)12-15(6-11-23-18)19-17(22)20(2)3/h4-5,15H,6-13H2,1-3H3,(H,19,22)/t15-/m0/s1. The van der Waals surface area contributed by atoms with Crippen molar-refractivity contribution >= 4 is 17.4 Å². The number of hydrogen-bond acceptors (Lipinski definition) is 4. The summed E-state index contributed by atoms with van der Waals surface area (Å²) in [4.78, 5) is 18.9. The summed E-state index contributed by atoms with van der Waals surface area (Å²) in [6.07, 6.45) is 3.98. The summed E-state index contributed by atoms with van der Waals surface area (Å²) in [5.41, 5.74) is -0.0373. The quantitative estimate of drug-likeness (QED) is 0.911. The largest absolute Gasteiger partial charge is 0.375 e. The third-order valence-electron chi connectivity index (χ3n) is 5.17. The zero-order valence-corrected chi connectivity index (χ0v) is 15.8. The van der Waals surface area contributed by atoms with Crippen molar-refractivity contribution in [2.24, 2.45) is 0 Å². The van der Waals surface area contributed by atoms with Crippen molar-refractivity contribution in [2.45, 2.75) is 50.8 Å². The Kier molecular flexibility index (Phi) is 5.47. The van der Waals surface area contributed by atoms with Gasteiger partial charge in [0.1, 0.15) is 0 Å². The molecule has 2 saturated heterocycles. The van der Waals surface area contributed by atoms with E-state index in [9.17, 15) is 4.79 Å². The van der Waals surface area contributed by atoms with E-state index in [2.05, 4.69) is 29.3 Å². The topological polar surface area (TPSA) is 44.8 Å². The molecule has 6 heteroatoms. The first kappa shape index (κ1) is 17.7. The van der Waals surface area contributed by atoms with Crippen molar-refractivity contribution in [2.75, 3.05) is 33.8 Å². The van der Waals surface area contributed by atoms with Gasteiger partial charge in [0.25, 0.3) is 0 Å². The number of thiophene rings is 1. The number of carbonyl (C=O) groups excluding carboxylic acids is 1. The van der Waals surface area contributed by atoms with Gasteiger partial charge in [-0.25, -0.2) is 4.79 Å². The number of urea groups is 1. The van der Waals surface area contributed by atoms with Crippen LogP contribution in [0.3, 0.4) is 0 Å². The summed E-state index contributed by atoms with van der Waals surface area (Å²) in [6.45, 7) is 6.12. The van der Waals surface area contributed by atoms with Gasteiger partial charge in [0.2, 0.25) is 0 Å². The van der Waals surface area contributed by atoms with Gasteiger partial charge in [0.05, 0.1) is 5.60 Å². The van der Waals surface area contributed by atoms with Crippen LogP contribution < -0.4 is 5.32 Å². The minimum atomic E-state index is -0.0373. The second kappa shape index (κ2) is 7.42. The van der Waals surface area contributed by atoms with Gasteiger partial charge in [-0.3, -0.25) is 4.90 Å². The average molecular weight is 352 g/mol. The van der Waals surface area contributed by atoms with Gasteiger partial charge in [0, 0.05) is 56.1 Å². The maximum atomic E-state index is 11.9. The molecule has 2 amide bonds. The zero-order chi connectivity index (χ0) is 17.2. The number of amides is 2. The molecule has 0 radical (unpaired) electrons. The van der Waals surface area contributed by atoms with E-state index in [4.69, 9.17) is 4.74 Å². The van der Waals surface area contributed by atoms with Gasteiger partial charge in [-0.1, -0.05) is 0 Å². The van der Waals surface area contributed by atoms with Crippen LogP contribution in [0.1, 0.15) is 35.4 Å². The van der Waals surface area contributed by atoms with Gasteiger partial charge in [0.15, 0.2) is 0 Å². The summed E-state index contributed by atoms with van der Waals surface area (Å²) in [7, 11) is 3.57. The zero-order valence-electron chi connectivity index (χ0n) is 15.0. The molecule has 0 saturated carbocycles. The van der Waals surface area contributed by atoms with Crippen molar-refractivity contribution in [3.8, 4) is 0 Å². The molecule has 0 aliphatic carbocycles. The molecule has 1 aromatic heterocycles. The highest BCUT2D eigenvalue weighted by Gasteiger charge is 2.40. The summed E-state index contributed by atoms with van der Waals surface area (Å²) < 4.78 is 6.19. The van der Waals surface area contributed by atoms with Crippen molar-refractivity contribution in [3.05, 3.63) is 21.9 Å². The molecular formula is C18H29N3O2S. The molecule has 3 rings (SSSR count). The Morgan fingerprint density at radius 2 is 2.17 bits per heavy atom. The van der Waals surface area contributed by atoms with Crippen LogP contribution in [0.5, 0.6) is 0 Å². The van der Waals surface area contributed by atoms with Crippen LogP contribution in [0.25, 0.3) is 0 Å². The molecule has 1 spiro atoms. The molecule has 1 atom stereocenters. The molecule has 1 N–H and O–H groups in total. The summed E-state index contributed by atoms with van der Waals surface area (Å²) in [5, 5.41) is 3.14. The lowest BCUT2D eigenvalue weighted by Gasteiger charge is -2.46. The number of piperidine rings is 1. The summed E-state index contributed by atoms with van der Waals surface area (Å²) in [6, 6.07) is 4.69. The normalized spacial score (nSPS) is 24.0. The van der Waals surface area contributed by atoms with E-state index in [1.54, 1.807) is 19.0 Å². The molecule has 0 bridgehead atoms. The lowest BCUT2D eigenvalue weighted by Crippen LogP contribution is -2.54. The van der Waals surface area contributed by atoms with Crippen LogP contribution in [0.2, 0.25) is 0 Å². The van der Waals surface area contributed by atoms with E-state index in [0.717, 1.165) is 51.9 Å². The van der Waals surface area contributed by atoms with E-state index >= 15 is 0 Å². The van der Waals surface area contributed by atoms with E-state index in [-0.39, 0.29) is 17.7 Å². The van der Waals surface area contributed by atoms with Crippen molar-refractivity contribution in [1.82, 2.24) is 15.1 Å². The molecule has 0 unspecified atom stereocenters. The number of carbonyl (C=O) groups is 1. The Balaban J connectivity index is 1.51. The SMILES string of the molecule is Cc1ccc(CN2CCC3(CC2)C[C@@H](NC(=O)N(C)C)CCO3)s1. The smallest absolute Gasteiger partial charge is 0.317 e. The molecule has 0 aromatic carbocycles. The number of nitrogens with zero attached hydrogens (tertiary/aromatic N) is 2. The van der Waals surface area contributed by atoms with E-state index in [1.807, 2.05) is 11.3 Å². The van der Waals surface area contributed by atoms with Crippen LogP contribution in [0.4, 0.5) is 4.79 Å². The fraction of sp³-hybridized carbons (Fsp3) is 0.722. The van der Waals surface area contributed by atoms with E-state index in [1.165, 1.54) is 9.75 Å². The second-order valence-electron chi connectivity index (χ2n) is 7.35. The van der Waals surface area contributed by atoms with Gasteiger partial charge in [-0.15, -0.1) is 11.3 Å². The summed E-state index contributed by atoms with van der Waals surface area (Å²) in [5.74, 6) is 0. The fourth-order valence-electron chi connectivity index (χ4n) is 3.71. The van der Waals surface area contributed by atoms with Gasteiger partial charge >= 0.3 is 6.03 Å². The molecule has 2 aliphatic rings. The Morgan fingerprint density at radius 1 is 1.42 bits per heavy atom. The highest BCUT2D eigenvalue weighted by Crippen LogP contribution is 2.35. The Hall–Kier alpha value is -1.11. The highest BCUT2D eigenvalue weighted by atomic mass is 32.1. The monoisotopic (exact) mass is 351 g/mol. The number of hydrogen-bond donors (Lipinski definition) is 1. The number of nitrogens with one attached hydrogen (secondary N) is 1. The average Bonchev–Trinajstić information content (AvgIpc) is 2.95. The van der Waals surface area contributed by atoms with Gasteiger partial charge in [-0.05, 0) is 44.7 Å². The number of ether oxygens (including phenoxy) is 1. The lowest BCUT2D eigenvalue weighted by atomic mass is 9.82. The third-order valence-corrected chi connectivity index (χ3v) is 6.15. The van der Waals surface area contributed by atoms with E-state index < -0.39 is 0 Å². The molecule has 134 valence electrons. The maximum absolute atomic E-state index is 11.9. The second-order valence-corrected chi connectivity index (χ2v) is 8.73. The Labute approximate surface area is 149 Å². The number of aryl methyl sites for hydroxylation is 1. The lowest BCUT2D eigenvalue weighted by molar-refractivity contribution is -0.119. The van der Waals surface area contributed by atoms with Crippen LogP contribution in [0.15, 0.2) is 12.1 Å². The van der Waals surface area contributed by atoms with Crippen molar-refractivity contribution < 1.29 is 9.53 Å². The molecule has 3 heterocycles. The Bertz CT molecular complexity index is 564. The Morgan fingerprint density at radius 3 is 2.79 bits per heavy atom. The number of rotatable bonds is 3.